The fourth-order valence-corrected chi connectivity index (χ4v) is 3.49. The van der Waals surface area contributed by atoms with Crippen LogP contribution in [-0.2, 0) is 4.74 Å². The molecule has 0 saturated carbocycles. The van der Waals surface area contributed by atoms with Gasteiger partial charge in [0.1, 0.15) is 10.6 Å². The number of methoxy groups -OCH3 is 1. The molecule has 0 atom stereocenters. The van der Waals surface area contributed by atoms with Gasteiger partial charge in [0.2, 0.25) is 0 Å². The van der Waals surface area contributed by atoms with E-state index in [0.717, 1.165) is 21.8 Å². The molecule has 5 heteroatoms. The Morgan fingerprint density at radius 3 is 2.35 bits per heavy atom. The molecular formula is C21H18O4S. The summed E-state index contributed by atoms with van der Waals surface area (Å²) >= 11 is 1.36. The smallest absolute Gasteiger partial charge is 0.348 e. The van der Waals surface area contributed by atoms with Crippen molar-refractivity contribution in [3.05, 3.63) is 76.0 Å². The number of carbonyl (C=O) groups excluding carboxylic acids is 2. The van der Waals surface area contributed by atoms with Crippen LogP contribution in [0.4, 0.5) is 0 Å². The van der Waals surface area contributed by atoms with E-state index in [1.54, 1.807) is 37.4 Å². The minimum absolute atomic E-state index is 0.220. The fraction of sp³-hybridized carbons (Fsp3) is 0.143. The van der Waals surface area contributed by atoms with Gasteiger partial charge in [-0.15, -0.1) is 11.3 Å². The summed E-state index contributed by atoms with van der Waals surface area (Å²) in [5.41, 5.74) is 2.50. The SMILES string of the molecule is COc1ccc(-c2cc(C(=O)OCC(=O)c3ccccc3)sc2C)cc1. The molecule has 26 heavy (non-hydrogen) atoms. The number of esters is 1. The van der Waals surface area contributed by atoms with Crippen LogP contribution in [0.3, 0.4) is 0 Å². The molecule has 0 aliphatic rings. The Hall–Kier alpha value is -2.92. The van der Waals surface area contributed by atoms with Crippen LogP contribution in [0, 0.1) is 6.92 Å². The van der Waals surface area contributed by atoms with E-state index < -0.39 is 5.97 Å². The number of rotatable bonds is 6. The summed E-state index contributed by atoms with van der Waals surface area (Å²) in [4.78, 5) is 25.8. The molecule has 0 saturated heterocycles. The lowest BCUT2D eigenvalue weighted by molar-refractivity contribution is 0.0479. The Morgan fingerprint density at radius 1 is 1.00 bits per heavy atom. The topological polar surface area (TPSA) is 52.6 Å². The zero-order valence-corrected chi connectivity index (χ0v) is 15.3. The predicted molar refractivity (Wildman–Crippen MR) is 102 cm³/mol. The van der Waals surface area contributed by atoms with Crippen LogP contribution < -0.4 is 4.74 Å². The molecule has 0 spiro atoms. The third-order valence-corrected chi connectivity index (χ3v) is 4.98. The zero-order chi connectivity index (χ0) is 18.5. The zero-order valence-electron chi connectivity index (χ0n) is 14.5. The molecule has 0 bridgehead atoms. The second-order valence-electron chi connectivity index (χ2n) is 5.67. The molecule has 2 aromatic carbocycles. The first kappa shape index (κ1) is 17.9. The van der Waals surface area contributed by atoms with Crippen LogP contribution in [-0.4, -0.2) is 25.5 Å². The number of benzene rings is 2. The molecule has 0 aliphatic carbocycles. The quantitative estimate of drug-likeness (QED) is 0.466. The Bertz CT molecular complexity index is 911. The van der Waals surface area contributed by atoms with Gasteiger partial charge in [-0.2, -0.15) is 0 Å². The van der Waals surface area contributed by atoms with Crippen LogP contribution in [0.15, 0.2) is 60.7 Å². The second kappa shape index (κ2) is 7.97. The average Bonchev–Trinajstić information content (AvgIpc) is 3.08. The third kappa shape index (κ3) is 4.00. The van der Waals surface area contributed by atoms with E-state index >= 15 is 0 Å². The minimum Gasteiger partial charge on any atom is -0.497 e. The first-order valence-corrected chi connectivity index (χ1v) is 8.90. The van der Waals surface area contributed by atoms with E-state index in [9.17, 15) is 9.59 Å². The molecule has 0 unspecified atom stereocenters. The lowest BCUT2D eigenvalue weighted by Gasteiger charge is -2.03. The first-order valence-electron chi connectivity index (χ1n) is 8.08. The number of Topliss-reactive ketones (excluding diaryl/α,β-unsaturated/α-hetero) is 1. The second-order valence-corrected chi connectivity index (χ2v) is 6.93. The van der Waals surface area contributed by atoms with Crippen LogP contribution in [0.5, 0.6) is 5.75 Å². The van der Waals surface area contributed by atoms with Crippen LogP contribution in [0.25, 0.3) is 11.1 Å². The highest BCUT2D eigenvalue weighted by Crippen LogP contribution is 2.32. The van der Waals surface area contributed by atoms with Crippen molar-refractivity contribution in [2.45, 2.75) is 6.92 Å². The molecule has 1 heterocycles. The molecular weight excluding hydrogens is 348 g/mol. The van der Waals surface area contributed by atoms with Gasteiger partial charge >= 0.3 is 5.97 Å². The Kier molecular flexibility index (Phi) is 5.49. The van der Waals surface area contributed by atoms with Crippen molar-refractivity contribution in [3.63, 3.8) is 0 Å². The molecule has 132 valence electrons. The van der Waals surface area contributed by atoms with Crippen LogP contribution in [0.1, 0.15) is 24.9 Å². The van der Waals surface area contributed by atoms with Crippen molar-refractivity contribution >= 4 is 23.1 Å². The maximum atomic E-state index is 12.3. The Labute approximate surface area is 156 Å². The number of thiophene rings is 1. The summed E-state index contributed by atoms with van der Waals surface area (Å²) in [6, 6.07) is 18.2. The van der Waals surface area contributed by atoms with Crippen molar-refractivity contribution in [1.82, 2.24) is 0 Å². The Morgan fingerprint density at radius 2 is 1.69 bits per heavy atom. The van der Waals surface area contributed by atoms with Gasteiger partial charge in [-0.25, -0.2) is 4.79 Å². The third-order valence-electron chi connectivity index (χ3n) is 3.95. The van der Waals surface area contributed by atoms with Gasteiger partial charge in [0.15, 0.2) is 12.4 Å². The van der Waals surface area contributed by atoms with Crippen molar-refractivity contribution in [2.24, 2.45) is 0 Å². The summed E-state index contributed by atoms with van der Waals surface area (Å²) in [6.45, 7) is 1.69. The summed E-state index contributed by atoms with van der Waals surface area (Å²) in [7, 11) is 1.62. The molecule has 1 aromatic heterocycles. The van der Waals surface area contributed by atoms with Crippen molar-refractivity contribution in [2.75, 3.05) is 13.7 Å². The van der Waals surface area contributed by atoms with E-state index in [4.69, 9.17) is 9.47 Å². The molecule has 0 amide bonds. The first-order chi connectivity index (χ1) is 12.6. The lowest BCUT2D eigenvalue weighted by atomic mass is 10.1. The maximum Gasteiger partial charge on any atom is 0.348 e. The largest absolute Gasteiger partial charge is 0.497 e. The lowest BCUT2D eigenvalue weighted by Crippen LogP contribution is -2.13. The van der Waals surface area contributed by atoms with Gasteiger partial charge in [-0.1, -0.05) is 42.5 Å². The normalized spacial score (nSPS) is 10.4. The fourth-order valence-electron chi connectivity index (χ4n) is 2.55. The highest BCUT2D eigenvalue weighted by atomic mass is 32.1. The van der Waals surface area contributed by atoms with Gasteiger partial charge in [0.05, 0.1) is 7.11 Å². The minimum atomic E-state index is -0.484. The average molecular weight is 366 g/mol. The molecule has 0 N–H and O–H groups in total. The number of aryl methyl sites for hydroxylation is 1. The molecule has 0 fully saturated rings. The molecule has 3 rings (SSSR count). The van der Waals surface area contributed by atoms with Gasteiger partial charge in [-0.05, 0) is 36.2 Å². The molecule has 0 aliphatic heterocycles. The van der Waals surface area contributed by atoms with E-state index in [1.165, 1.54) is 11.3 Å². The van der Waals surface area contributed by atoms with Crippen molar-refractivity contribution < 1.29 is 19.1 Å². The summed E-state index contributed by atoms with van der Waals surface area (Å²) in [5, 5.41) is 0. The highest BCUT2D eigenvalue weighted by molar-refractivity contribution is 7.14. The van der Waals surface area contributed by atoms with E-state index in [-0.39, 0.29) is 12.4 Å². The highest BCUT2D eigenvalue weighted by Gasteiger charge is 2.16. The summed E-state index contributed by atoms with van der Waals surface area (Å²) in [6.07, 6.45) is 0. The monoisotopic (exact) mass is 366 g/mol. The van der Waals surface area contributed by atoms with Crippen molar-refractivity contribution in [1.29, 1.82) is 0 Å². The van der Waals surface area contributed by atoms with Gasteiger partial charge < -0.3 is 9.47 Å². The van der Waals surface area contributed by atoms with Gasteiger partial charge in [0.25, 0.3) is 0 Å². The van der Waals surface area contributed by atoms with Gasteiger partial charge in [-0.3, -0.25) is 4.79 Å². The Balaban J connectivity index is 1.69. The van der Waals surface area contributed by atoms with E-state index in [2.05, 4.69) is 0 Å². The molecule has 3 aromatic rings. The number of carbonyl (C=O) groups is 2. The standard InChI is InChI=1S/C21H18O4S/c1-14-18(15-8-10-17(24-2)11-9-15)12-20(26-14)21(23)25-13-19(22)16-6-4-3-5-7-16/h3-12H,13H2,1-2H3. The predicted octanol–water partition coefficient (Wildman–Crippen LogP) is 4.77. The van der Waals surface area contributed by atoms with Crippen molar-refractivity contribution in [3.8, 4) is 16.9 Å². The van der Waals surface area contributed by atoms with Gasteiger partial charge in [0, 0.05) is 10.4 Å². The van der Waals surface area contributed by atoms with Crippen LogP contribution >= 0.6 is 11.3 Å². The number of hydrogen-bond donors (Lipinski definition) is 0. The summed E-state index contributed by atoms with van der Waals surface area (Å²) < 4.78 is 10.4. The molecule has 4 nitrogen and oxygen atoms in total. The summed E-state index contributed by atoms with van der Waals surface area (Å²) in [5.74, 6) is 0.0745. The number of hydrogen-bond acceptors (Lipinski definition) is 5. The van der Waals surface area contributed by atoms with E-state index in [1.807, 2.05) is 37.3 Å². The number of ether oxygens (including phenoxy) is 2. The maximum absolute atomic E-state index is 12.3. The van der Waals surface area contributed by atoms with E-state index in [0.29, 0.717) is 10.4 Å². The number of ketones is 1. The van der Waals surface area contributed by atoms with Crippen LogP contribution in [0.2, 0.25) is 0 Å². The molecule has 0 radical (unpaired) electrons.